The third kappa shape index (κ3) is 2.87. The molecule has 17 heavy (non-hydrogen) atoms. The fourth-order valence-corrected chi connectivity index (χ4v) is 2.67. The summed E-state index contributed by atoms with van der Waals surface area (Å²) >= 11 is 0. The molecule has 94 valence electrons. The summed E-state index contributed by atoms with van der Waals surface area (Å²) in [4.78, 5) is 21.1. The number of aryl methyl sites for hydroxylation is 1. The van der Waals surface area contributed by atoms with E-state index in [1.807, 2.05) is 6.92 Å². The largest absolute Gasteiger partial charge is 0.356 e. The van der Waals surface area contributed by atoms with Gasteiger partial charge in [-0.2, -0.15) is 0 Å². The van der Waals surface area contributed by atoms with Crippen molar-refractivity contribution >= 4 is 5.82 Å². The molecule has 2 heterocycles. The van der Waals surface area contributed by atoms with E-state index >= 15 is 0 Å². The fourth-order valence-electron chi connectivity index (χ4n) is 2.67. The number of piperidine rings is 1. The van der Waals surface area contributed by atoms with Gasteiger partial charge in [0.25, 0.3) is 5.56 Å². The molecule has 1 saturated heterocycles. The summed E-state index contributed by atoms with van der Waals surface area (Å²) in [6.45, 7) is 8.53. The molecule has 2 atom stereocenters. The summed E-state index contributed by atoms with van der Waals surface area (Å²) in [5.74, 6) is 2.96. The van der Waals surface area contributed by atoms with Crippen molar-refractivity contribution in [3.8, 4) is 0 Å². The highest BCUT2D eigenvalue weighted by Crippen LogP contribution is 2.24. The number of anilines is 1. The highest BCUT2D eigenvalue weighted by Gasteiger charge is 2.23. The van der Waals surface area contributed by atoms with E-state index in [-0.39, 0.29) is 5.56 Å². The minimum absolute atomic E-state index is 0.0438. The van der Waals surface area contributed by atoms with Crippen LogP contribution >= 0.6 is 0 Å². The van der Waals surface area contributed by atoms with Gasteiger partial charge >= 0.3 is 0 Å². The van der Waals surface area contributed by atoms with Crippen LogP contribution in [0.15, 0.2) is 10.9 Å². The van der Waals surface area contributed by atoms with Crippen molar-refractivity contribution in [2.75, 3.05) is 18.0 Å². The summed E-state index contributed by atoms with van der Waals surface area (Å²) in [7, 11) is 0. The van der Waals surface area contributed by atoms with Crippen molar-refractivity contribution < 1.29 is 0 Å². The molecule has 1 aliphatic rings. The van der Waals surface area contributed by atoms with Gasteiger partial charge in [0.2, 0.25) is 0 Å². The molecule has 0 aromatic carbocycles. The summed E-state index contributed by atoms with van der Waals surface area (Å²) in [5.41, 5.74) is -0.0438. The van der Waals surface area contributed by atoms with Gasteiger partial charge in [0, 0.05) is 25.6 Å². The number of H-pyrrole nitrogens is 1. The molecule has 1 fully saturated rings. The lowest BCUT2D eigenvalue weighted by atomic mass is 9.92. The Bertz CT molecular complexity index is 431. The van der Waals surface area contributed by atoms with Gasteiger partial charge in [-0.3, -0.25) is 4.79 Å². The van der Waals surface area contributed by atoms with Crippen LogP contribution in [0.2, 0.25) is 0 Å². The molecule has 0 amide bonds. The summed E-state index contributed by atoms with van der Waals surface area (Å²) in [5, 5.41) is 0. The van der Waals surface area contributed by atoms with Crippen LogP contribution in [0.5, 0.6) is 0 Å². The van der Waals surface area contributed by atoms with Crippen LogP contribution in [-0.2, 0) is 6.42 Å². The summed E-state index contributed by atoms with van der Waals surface area (Å²) in [6, 6.07) is 1.62. The Balaban J connectivity index is 2.26. The van der Waals surface area contributed by atoms with Crippen LogP contribution in [0.3, 0.4) is 0 Å². The van der Waals surface area contributed by atoms with E-state index in [1.165, 1.54) is 6.42 Å². The van der Waals surface area contributed by atoms with Gasteiger partial charge in [-0.25, -0.2) is 4.98 Å². The Hall–Kier alpha value is -1.32. The average Bonchev–Trinajstić information content (AvgIpc) is 2.26. The van der Waals surface area contributed by atoms with Crippen molar-refractivity contribution in [1.82, 2.24) is 9.97 Å². The Morgan fingerprint density at radius 3 is 2.65 bits per heavy atom. The standard InChI is InChI=1S/C13H21N3O/c1-4-11-14-12(6-13(17)15-11)16-7-9(2)5-10(3)8-16/h6,9-10H,4-5,7-8H2,1-3H3,(H,14,15,17). The first-order chi connectivity index (χ1) is 8.08. The van der Waals surface area contributed by atoms with Gasteiger partial charge in [-0.05, 0) is 18.3 Å². The Labute approximate surface area is 102 Å². The van der Waals surface area contributed by atoms with Crippen molar-refractivity contribution in [1.29, 1.82) is 0 Å². The molecule has 1 aliphatic heterocycles. The monoisotopic (exact) mass is 235 g/mol. The van der Waals surface area contributed by atoms with Crippen molar-refractivity contribution in [3.63, 3.8) is 0 Å². The first kappa shape index (κ1) is 12.1. The number of aromatic amines is 1. The second-order valence-corrected chi connectivity index (χ2v) is 5.25. The Morgan fingerprint density at radius 2 is 2.06 bits per heavy atom. The molecule has 4 heteroatoms. The van der Waals surface area contributed by atoms with Gasteiger partial charge < -0.3 is 9.88 Å². The zero-order valence-electron chi connectivity index (χ0n) is 10.9. The molecule has 4 nitrogen and oxygen atoms in total. The molecule has 1 aromatic rings. The number of nitrogens with zero attached hydrogens (tertiary/aromatic N) is 2. The van der Waals surface area contributed by atoms with Crippen LogP contribution in [0, 0.1) is 11.8 Å². The average molecular weight is 235 g/mol. The van der Waals surface area contributed by atoms with Gasteiger partial charge in [-0.15, -0.1) is 0 Å². The molecule has 2 rings (SSSR count). The predicted molar refractivity (Wildman–Crippen MR) is 69.4 cm³/mol. The van der Waals surface area contributed by atoms with E-state index in [0.29, 0.717) is 11.8 Å². The van der Waals surface area contributed by atoms with Crippen molar-refractivity contribution in [2.24, 2.45) is 11.8 Å². The fraction of sp³-hybridized carbons (Fsp3) is 0.692. The number of hydrogen-bond donors (Lipinski definition) is 1. The van der Waals surface area contributed by atoms with E-state index in [0.717, 1.165) is 31.2 Å². The zero-order valence-corrected chi connectivity index (χ0v) is 10.9. The summed E-state index contributed by atoms with van der Waals surface area (Å²) < 4.78 is 0. The second-order valence-electron chi connectivity index (χ2n) is 5.25. The lowest BCUT2D eigenvalue weighted by molar-refractivity contribution is 0.355. The molecular weight excluding hydrogens is 214 g/mol. The molecule has 1 N–H and O–H groups in total. The minimum atomic E-state index is -0.0438. The molecule has 0 aliphatic carbocycles. The van der Waals surface area contributed by atoms with Gasteiger partial charge in [0.15, 0.2) is 0 Å². The van der Waals surface area contributed by atoms with Gasteiger partial charge in [0.1, 0.15) is 11.6 Å². The maximum absolute atomic E-state index is 11.6. The van der Waals surface area contributed by atoms with E-state index in [9.17, 15) is 4.79 Å². The zero-order chi connectivity index (χ0) is 12.4. The quantitative estimate of drug-likeness (QED) is 0.850. The minimum Gasteiger partial charge on any atom is -0.356 e. The molecule has 1 aromatic heterocycles. The lowest BCUT2D eigenvalue weighted by Crippen LogP contribution is -2.39. The molecule has 0 radical (unpaired) electrons. The maximum Gasteiger partial charge on any atom is 0.252 e. The van der Waals surface area contributed by atoms with E-state index in [4.69, 9.17) is 0 Å². The van der Waals surface area contributed by atoms with E-state index < -0.39 is 0 Å². The van der Waals surface area contributed by atoms with E-state index in [2.05, 4.69) is 28.7 Å². The lowest BCUT2D eigenvalue weighted by Gasteiger charge is -2.35. The molecule has 0 bridgehead atoms. The first-order valence-corrected chi connectivity index (χ1v) is 6.43. The molecular formula is C13H21N3O. The highest BCUT2D eigenvalue weighted by atomic mass is 16.1. The van der Waals surface area contributed by atoms with Crippen LogP contribution in [0.1, 0.15) is 33.0 Å². The van der Waals surface area contributed by atoms with Crippen LogP contribution in [-0.4, -0.2) is 23.1 Å². The van der Waals surface area contributed by atoms with Crippen LogP contribution in [0.25, 0.3) is 0 Å². The highest BCUT2D eigenvalue weighted by molar-refractivity contribution is 5.38. The predicted octanol–water partition coefficient (Wildman–Crippen LogP) is 1.81. The van der Waals surface area contributed by atoms with Gasteiger partial charge in [-0.1, -0.05) is 20.8 Å². The third-order valence-electron chi connectivity index (χ3n) is 3.30. The number of rotatable bonds is 2. The van der Waals surface area contributed by atoms with Crippen LogP contribution < -0.4 is 10.5 Å². The molecule has 0 saturated carbocycles. The third-order valence-corrected chi connectivity index (χ3v) is 3.30. The molecule has 2 unspecified atom stereocenters. The number of hydrogen-bond acceptors (Lipinski definition) is 3. The maximum atomic E-state index is 11.6. The normalized spacial score (nSPS) is 25.0. The number of aromatic nitrogens is 2. The van der Waals surface area contributed by atoms with E-state index in [1.54, 1.807) is 6.07 Å². The Kier molecular flexibility index (Phi) is 3.50. The topological polar surface area (TPSA) is 49.0 Å². The first-order valence-electron chi connectivity index (χ1n) is 6.43. The van der Waals surface area contributed by atoms with Crippen LogP contribution in [0.4, 0.5) is 5.82 Å². The number of nitrogens with one attached hydrogen (secondary N) is 1. The second kappa shape index (κ2) is 4.90. The molecule has 0 spiro atoms. The Morgan fingerprint density at radius 1 is 1.41 bits per heavy atom. The smallest absolute Gasteiger partial charge is 0.252 e. The SMILES string of the molecule is CCc1nc(N2CC(C)CC(C)C2)cc(=O)[nH]1. The van der Waals surface area contributed by atoms with Gasteiger partial charge in [0.05, 0.1) is 0 Å². The van der Waals surface area contributed by atoms with Crippen molar-refractivity contribution in [3.05, 3.63) is 22.2 Å². The van der Waals surface area contributed by atoms with Crippen molar-refractivity contribution in [2.45, 2.75) is 33.6 Å². The summed E-state index contributed by atoms with van der Waals surface area (Å²) in [6.07, 6.45) is 2.03.